The van der Waals surface area contributed by atoms with Gasteiger partial charge in [0.15, 0.2) is 0 Å². The second-order valence-corrected chi connectivity index (χ2v) is 8.59. The van der Waals surface area contributed by atoms with Gasteiger partial charge in [0, 0.05) is 11.4 Å². The monoisotopic (exact) mass is 344 g/mol. The highest BCUT2D eigenvalue weighted by Crippen LogP contribution is 2.38. The predicted molar refractivity (Wildman–Crippen MR) is 94.9 cm³/mol. The first-order chi connectivity index (χ1) is 11.7. The fourth-order valence-corrected chi connectivity index (χ4v) is 4.96. The van der Waals surface area contributed by atoms with Gasteiger partial charge in [-0.25, -0.2) is 0 Å². The number of benzene rings is 1. The maximum atomic E-state index is 12.8. The molecule has 2 amide bonds. The van der Waals surface area contributed by atoms with E-state index in [2.05, 4.69) is 22.8 Å². The quantitative estimate of drug-likeness (QED) is 0.863. The highest BCUT2D eigenvalue weighted by Gasteiger charge is 2.44. The molecular weight excluding hydrogens is 320 g/mol. The van der Waals surface area contributed by atoms with Crippen LogP contribution in [0.2, 0.25) is 0 Å². The zero-order chi connectivity index (χ0) is 16.6. The molecule has 1 aliphatic heterocycles. The third-order valence-corrected chi connectivity index (χ3v) is 6.76. The molecule has 1 heterocycles. The summed E-state index contributed by atoms with van der Waals surface area (Å²) in [6.07, 6.45) is 6.74. The molecule has 1 atom stereocenters. The topological polar surface area (TPSA) is 58.2 Å². The number of fused-ring (bicyclic) bond motifs is 1. The molecule has 4 rings (SSSR count). The van der Waals surface area contributed by atoms with Crippen LogP contribution in [-0.4, -0.2) is 29.1 Å². The van der Waals surface area contributed by atoms with Crippen LogP contribution in [0.4, 0.5) is 0 Å². The van der Waals surface area contributed by atoms with E-state index < -0.39 is 5.54 Å². The smallest absolute Gasteiger partial charge is 0.245 e. The van der Waals surface area contributed by atoms with E-state index in [0.29, 0.717) is 5.92 Å². The molecule has 1 aromatic rings. The standard InChI is InChI=1S/C19H24N2O2S/c22-17(16-11-14-5-1-2-6-15(14)24-16)21-19(9-3-4-10-19)18(23)20-12-13-7-8-13/h1-2,5-6,13,16H,3-4,7-12H2,(H,20,23)(H,21,22)/t16-/m0/s1. The molecule has 2 saturated carbocycles. The largest absolute Gasteiger partial charge is 0.354 e. The van der Waals surface area contributed by atoms with Crippen molar-refractivity contribution < 1.29 is 9.59 Å². The van der Waals surface area contributed by atoms with Gasteiger partial charge in [-0.3, -0.25) is 9.59 Å². The summed E-state index contributed by atoms with van der Waals surface area (Å²) in [5, 5.41) is 6.11. The number of amides is 2. The van der Waals surface area contributed by atoms with Crippen LogP contribution in [0, 0.1) is 5.92 Å². The molecule has 4 nitrogen and oxygen atoms in total. The first kappa shape index (κ1) is 16.0. The summed E-state index contributed by atoms with van der Waals surface area (Å²) >= 11 is 1.62. The maximum Gasteiger partial charge on any atom is 0.245 e. The molecule has 0 saturated heterocycles. The first-order valence-electron chi connectivity index (χ1n) is 9.01. The van der Waals surface area contributed by atoms with E-state index in [1.807, 2.05) is 12.1 Å². The van der Waals surface area contributed by atoms with Gasteiger partial charge in [-0.2, -0.15) is 0 Å². The van der Waals surface area contributed by atoms with Crippen LogP contribution in [0.3, 0.4) is 0 Å². The average Bonchev–Trinajstić information content (AvgIpc) is 3.11. The number of thioether (sulfide) groups is 1. The molecule has 5 heteroatoms. The lowest BCUT2D eigenvalue weighted by atomic mass is 9.95. The van der Waals surface area contributed by atoms with Gasteiger partial charge in [0.1, 0.15) is 5.54 Å². The molecule has 24 heavy (non-hydrogen) atoms. The number of nitrogens with one attached hydrogen (secondary N) is 2. The average molecular weight is 344 g/mol. The SMILES string of the molecule is O=C(NC1(C(=O)NCC2CC2)CCCC1)[C@@H]1Cc2ccccc2S1. The Balaban J connectivity index is 1.41. The molecule has 0 radical (unpaired) electrons. The van der Waals surface area contributed by atoms with Gasteiger partial charge in [0.05, 0.1) is 5.25 Å². The molecule has 2 N–H and O–H groups in total. The van der Waals surface area contributed by atoms with E-state index in [9.17, 15) is 9.59 Å². The van der Waals surface area contributed by atoms with Gasteiger partial charge in [-0.15, -0.1) is 11.8 Å². The van der Waals surface area contributed by atoms with Crippen LogP contribution in [-0.2, 0) is 16.0 Å². The molecule has 1 aromatic carbocycles. The van der Waals surface area contributed by atoms with E-state index in [-0.39, 0.29) is 17.1 Å². The Morgan fingerprint density at radius 2 is 1.92 bits per heavy atom. The predicted octanol–water partition coefficient (Wildman–Crippen LogP) is 2.66. The summed E-state index contributed by atoms with van der Waals surface area (Å²) in [5.41, 5.74) is 0.558. The molecule has 2 fully saturated rings. The zero-order valence-corrected chi connectivity index (χ0v) is 14.7. The Morgan fingerprint density at radius 1 is 1.17 bits per heavy atom. The third-order valence-electron chi connectivity index (χ3n) is 5.44. The molecule has 0 aromatic heterocycles. The minimum atomic E-state index is -0.679. The molecule has 3 aliphatic rings. The molecule has 0 spiro atoms. The molecule has 0 unspecified atom stereocenters. The van der Waals surface area contributed by atoms with Crippen molar-refractivity contribution in [2.24, 2.45) is 5.92 Å². The van der Waals surface area contributed by atoms with Crippen molar-refractivity contribution in [3.05, 3.63) is 29.8 Å². The van der Waals surface area contributed by atoms with Crippen LogP contribution in [0.25, 0.3) is 0 Å². The minimum Gasteiger partial charge on any atom is -0.354 e. The fourth-order valence-electron chi connectivity index (χ4n) is 3.76. The Bertz CT molecular complexity index is 626. The lowest BCUT2D eigenvalue weighted by Gasteiger charge is -2.30. The van der Waals surface area contributed by atoms with E-state index >= 15 is 0 Å². The van der Waals surface area contributed by atoms with Crippen molar-refractivity contribution in [3.63, 3.8) is 0 Å². The summed E-state index contributed by atoms with van der Waals surface area (Å²) in [6, 6.07) is 8.18. The molecule has 2 aliphatic carbocycles. The van der Waals surface area contributed by atoms with Crippen LogP contribution in [0.1, 0.15) is 44.1 Å². The minimum absolute atomic E-state index is 0.0136. The van der Waals surface area contributed by atoms with Gasteiger partial charge in [0.2, 0.25) is 11.8 Å². The van der Waals surface area contributed by atoms with Gasteiger partial charge in [-0.1, -0.05) is 31.0 Å². The molecular formula is C19H24N2O2S. The zero-order valence-electron chi connectivity index (χ0n) is 13.8. The van der Waals surface area contributed by atoms with Crippen molar-refractivity contribution in [3.8, 4) is 0 Å². The van der Waals surface area contributed by atoms with Crippen molar-refractivity contribution in [1.82, 2.24) is 10.6 Å². The van der Waals surface area contributed by atoms with Crippen molar-refractivity contribution in [2.75, 3.05) is 6.54 Å². The first-order valence-corrected chi connectivity index (χ1v) is 9.89. The second kappa shape index (κ2) is 6.43. The number of carbonyl (C=O) groups is 2. The summed E-state index contributed by atoms with van der Waals surface area (Å²) in [5.74, 6) is 0.698. The highest BCUT2D eigenvalue weighted by molar-refractivity contribution is 8.01. The summed E-state index contributed by atoms with van der Waals surface area (Å²) in [4.78, 5) is 26.7. The second-order valence-electron chi connectivity index (χ2n) is 7.35. The number of hydrogen-bond acceptors (Lipinski definition) is 3. The van der Waals surface area contributed by atoms with E-state index in [1.165, 1.54) is 23.3 Å². The Morgan fingerprint density at radius 3 is 2.62 bits per heavy atom. The Kier molecular flexibility index (Phi) is 4.29. The van der Waals surface area contributed by atoms with Crippen molar-refractivity contribution in [1.29, 1.82) is 0 Å². The van der Waals surface area contributed by atoms with Gasteiger partial charge in [-0.05, 0) is 49.7 Å². The van der Waals surface area contributed by atoms with Gasteiger partial charge < -0.3 is 10.6 Å². The van der Waals surface area contributed by atoms with Crippen LogP contribution in [0.15, 0.2) is 29.2 Å². The molecule has 128 valence electrons. The van der Waals surface area contributed by atoms with Crippen LogP contribution in [0.5, 0.6) is 0 Å². The van der Waals surface area contributed by atoms with Crippen LogP contribution < -0.4 is 10.6 Å². The van der Waals surface area contributed by atoms with Gasteiger partial charge in [0.25, 0.3) is 0 Å². The summed E-state index contributed by atoms with van der Waals surface area (Å²) in [7, 11) is 0. The normalized spacial score (nSPS) is 24.4. The van der Waals surface area contributed by atoms with Gasteiger partial charge >= 0.3 is 0 Å². The van der Waals surface area contributed by atoms with E-state index in [1.54, 1.807) is 11.8 Å². The highest BCUT2D eigenvalue weighted by atomic mass is 32.2. The lowest BCUT2D eigenvalue weighted by Crippen LogP contribution is -2.59. The van der Waals surface area contributed by atoms with Crippen molar-refractivity contribution >= 4 is 23.6 Å². The maximum absolute atomic E-state index is 12.8. The Hall–Kier alpha value is -1.49. The lowest BCUT2D eigenvalue weighted by molar-refractivity contribution is -0.133. The van der Waals surface area contributed by atoms with Crippen molar-refractivity contribution in [2.45, 2.75) is 60.6 Å². The third kappa shape index (κ3) is 3.18. The van der Waals surface area contributed by atoms with E-state index in [4.69, 9.17) is 0 Å². The summed E-state index contributed by atoms with van der Waals surface area (Å²) in [6.45, 7) is 0.764. The number of hydrogen-bond donors (Lipinski definition) is 2. The summed E-state index contributed by atoms with van der Waals surface area (Å²) < 4.78 is 0. The Labute approximate surface area is 147 Å². The molecule has 0 bridgehead atoms. The number of rotatable bonds is 5. The van der Waals surface area contributed by atoms with Crippen LogP contribution >= 0.6 is 11.8 Å². The van der Waals surface area contributed by atoms with E-state index in [0.717, 1.165) is 38.6 Å². The fraction of sp³-hybridized carbons (Fsp3) is 0.579. The number of carbonyl (C=O) groups excluding carboxylic acids is 2.